The number of aryl methyl sites for hydroxylation is 1. The van der Waals surface area contributed by atoms with Gasteiger partial charge in [-0.2, -0.15) is 0 Å². The third-order valence-corrected chi connectivity index (χ3v) is 5.98. The summed E-state index contributed by atoms with van der Waals surface area (Å²) in [6, 6.07) is 4.52. The second kappa shape index (κ2) is 7.73. The van der Waals surface area contributed by atoms with E-state index in [-0.39, 0.29) is 24.8 Å². The Morgan fingerprint density at radius 1 is 1.38 bits per heavy atom. The number of amides is 2. The van der Waals surface area contributed by atoms with Gasteiger partial charge in [-0.3, -0.25) is 9.59 Å². The molecule has 2 amide bonds. The second-order valence-electron chi connectivity index (χ2n) is 6.48. The van der Waals surface area contributed by atoms with Crippen LogP contribution in [-0.2, 0) is 24.2 Å². The average molecular weight is 397 g/mol. The van der Waals surface area contributed by atoms with Gasteiger partial charge in [0.1, 0.15) is 17.4 Å². The van der Waals surface area contributed by atoms with Crippen molar-refractivity contribution >= 4 is 39.8 Å². The van der Waals surface area contributed by atoms with Gasteiger partial charge in [0.15, 0.2) is 6.54 Å². The molecule has 0 saturated carbocycles. The third kappa shape index (κ3) is 3.90. The van der Waals surface area contributed by atoms with Crippen molar-refractivity contribution in [2.45, 2.75) is 25.8 Å². The molecule has 5 nitrogen and oxygen atoms in total. The van der Waals surface area contributed by atoms with E-state index in [1.807, 2.05) is 0 Å². The lowest BCUT2D eigenvalue weighted by molar-refractivity contribution is -0.885. The first-order chi connectivity index (χ1) is 12.4. The van der Waals surface area contributed by atoms with Crippen molar-refractivity contribution in [1.29, 1.82) is 0 Å². The zero-order valence-corrected chi connectivity index (χ0v) is 15.9. The predicted molar refractivity (Wildman–Crippen MR) is 100 cm³/mol. The van der Waals surface area contributed by atoms with Gasteiger partial charge in [-0.1, -0.05) is 17.7 Å². The number of quaternary nitrogens is 1. The molecule has 0 radical (unpaired) electrons. The molecule has 1 unspecified atom stereocenters. The van der Waals surface area contributed by atoms with Gasteiger partial charge in [-0.05, 0) is 37.0 Å². The summed E-state index contributed by atoms with van der Waals surface area (Å²) in [5.41, 5.74) is 7.29. The number of nitrogens with two attached hydrogens (primary N) is 1. The van der Waals surface area contributed by atoms with Crippen molar-refractivity contribution in [2.75, 3.05) is 18.9 Å². The first kappa shape index (κ1) is 18.8. The van der Waals surface area contributed by atoms with Gasteiger partial charge in [0.05, 0.1) is 23.2 Å². The zero-order valence-electron chi connectivity index (χ0n) is 14.3. The van der Waals surface area contributed by atoms with Gasteiger partial charge < -0.3 is 16.0 Å². The fraction of sp³-hybridized carbons (Fsp3) is 0.333. The molecule has 0 fully saturated rings. The molecule has 4 N–H and O–H groups in total. The molecule has 0 saturated heterocycles. The van der Waals surface area contributed by atoms with Crippen LogP contribution in [0.25, 0.3) is 0 Å². The summed E-state index contributed by atoms with van der Waals surface area (Å²) in [5, 5.41) is 3.66. The maximum absolute atomic E-state index is 13.9. The third-order valence-electron chi connectivity index (χ3n) is 4.42. The molecular weight excluding hydrogens is 377 g/mol. The molecule has 0 spiro atoms. The van der Waals surface area contributed by atoms with Crippen molar-refractivity contribution in [3.63, 3.8) is 0 Å². The highest BCUT2D eigenvalue weighted by atomic mass is 35.5. The Bertz CT molecular complexity index is 848. The Balaban J connectivity index is 1.67. The van der Waals surface area contributed by atoms with Crippen LogP contribution >= 0.6 is 22.9 Å². The smallest absolute Gasteiger partial charge is 0.280 e. The zero-order chi connectivity index (χ0) is 18.8. The van der Waals surface area contributed by atoms with Crippen LogP contribution in [-0.4, -0.2) is 25.4 Å². The van der Waals surface area contributed by atoms with E-state index < -0.39 is 5.91 Å². The van der Waals surface area contributed by atoms with Crippen LogP contribution < -0.4 is 16.0 Å². The summed E-state index contributed by atoms with van der Waals surface area (Å²) in [6.07, 6.45) is 2.73. The van der Waals surface area contributed by atoms with E-state index in [1.165, 1.54) is 17.4 Å². The normalized spacial score (nSPS) is 14.1. The van der Waals surface area contributed by atoms with E-state index in [1.54, 1.807) is 19.2 Å². The summed E-state index contributed by atoms with van der Waals surface area (Å²) in [5.74, 6) is -1.15. The Kier molecular flexibility index (Phi) is 5.60. The average Bonchev–Trinajstić information content (AvgIpc) is 3.10. The van der Waals surface area contributed by atoms with Gasteiger partial charge in [0.2, 0.25) is 0 Å². The van der Waals surface area contributed by atoms with Crippen LogP contribution in [0.4, 0.5) is 9.39 Å². The number of halogens is 2. The number of fused-ring (bicyclic) bond motifs is 1. The van der Waals surface area contributed by atoms with E-state index in [0.717, 1.165) is 34.6 Å². The van der Waals surface area contributed by atoms with Crippen LogP contribution in [0.1, 0.15) is 32.8 Å². The molecule has 0 aliphatic heterocycles. The fourth-order valence-electron chi connectivity index (χ4n) is 3.26. The highest BCUT2D eigenvalue weighted by Gasteiger charge is 2.26. The fourth-order valence-corrected chi connectivity index (χ4v) is 4.80. The standard InChI is InChI=1S/C18H19ClFN3O2S/c1-23(8-11-12(19)5-3-6-13(11)20)9-15(24)22-18-16(17(21)25)10-4-2-7-14(10)26-18/h3,5-6H,2,4,7-9H2,1H3,(H2,21,25)(H,22,24)/p+1. The SMILES string of the molecule is C[NH+](CC(=O)Nc1sc2c(c1C(N)=O)CCC2)Cc1c(F)cccc1Cl. The number of hydrogen-bond donors (Lipinski definition) is 3. The molecule has 1 aliphatic rings. The Morgan fingerprint density at radius 3 is 2.85 bits per heavy atom. The molecular formula is C18H20ClFN3O2S+. The highest BCUT2D eigenvalue weighted by molar-refractivity contribution is 7.17. The number of thiophene rings is 1. The van der Waals surface area contributed by atoms with Crippen LogP contribution in [0, 0.1) is 5.82 Å². The largest absolute Gasteiger partial charge is 0.365 e. The van der Waals surface area contributed by atoms with Gasteiger partial charge in [-0.15, -0.1) is 11.3 Å². The number of likely N-dealkylation sites (N-methyl/N-ethyl adjacent to an activating group) is 1. The monoisotopic (exact) mass is 396 g/mol. The predicted octanol–water partition coefficient (Wildman–Crippen LogP) is 1.78. The van der Waals surface area contributed by atoms with Gasteiger partial charge in [0.25, 0.3) is 11.8 Å². The van der Waals surface area contributed by atoms with E-state index in [2.05, 4.69) is 5.32 Å². The molecule has 3 rings (SSSR count). The number of benzene rings is 1. The number of anilines is 1. The lowest BCUT2D eigenvalue weighted by atomic mass is 10.1. The summed E-state index contributed by atoms with van der Waals surface area (Å²) >= 11 is 7.45. The molecule has 138 valence electrons. The second-order valence-corrected chi connectivity index (χ2v) is 8.00. The minimum absolute atomic E-state index is 0.116. The van der Waals surface area contributed by atoms with Crippen molar-refractivity contribution in [3.8, 4) is 0 Å². The number of primary amides is 1. The van der Waals surface area contributed by atoms with Crippen molar-refractivity contribution < 1.29 is 18.9 Å². The number of nitrogens with one attached hydrogen (secondary N) is 2. The molecule has 1 aliphatic carbocycles. The Labute approximate surface area is 159 Å². The van der Waals surface area contributed by atoms with Crippen LogP contribution in [0.3, 0.4) is 0 Å². The summed E-state index contributed by atoms with van der Waals surface area (Å²) in [7, 11) is 1.78. The number of rotatable bonds is 6. The molecule has 8 heteroatoms. The first-order valence-corrected chi connectivity index (χ1v) is 9.54. The van der Waals surface area contributed by atoms with Crippen LogP contribution in [0.2, 0.25) is 5.02 Å². The minimum Gasteiger partial charge on any atom is -0.365 e. The van der Waals surface area contributed by atoms with Crippen molar-refractivity contribution in [1.82, 2.24) is 0 Å². The minimum atomic E-state index is -0.515. The van der Waals surface area contributed by atoms with Gasteiger partial charge in [0, 0.05) is 4.88 Å². The molecule has 1 heterocycles. The van der Waals surface area contributed by atoms with E-state index in [0.29, 0.717) is 21.2 Å². The maximum atomic E-state index is 13.9. The summed E-state index contributed by atoms with van der Waals surface area (Å²) in [4.78, 5) is 26.1. The van der Waals surface area contributed by atoms with Crippen LogP contribution in [0.5, 0.6) is 0 Å². The highest BCUT2D eigenvalue weighted by Crippen LogP contribution is 2.38. The first-order valence-electron chi connectivity index (χ1n) is 8.35. The van der Waals surface area contributed by atoms with Crippen LogP contribution in [0.15, 0.2) is 18.2 Å². The van der Waals surface area contributed by atoms with Crippen molar-refractivity contribution in [3.05, 3.63) is 50.6 Å². The number of hydrogen-bond acceptors (Lipinski definition) is 3. The molecule has 2 aromatic rings. The number of carbonyl (C=O) groups excluding carboxylic acids is 2. The summed E-state index contributed by atoms with van der Waals surface area (Å²) in [6.45, 7) is 0.397. The summed E-state index contributed by atoms with van der Waals surface area (Å²) < 4.78 is 13.9. The Morgan fingerprint density at radius 2 is 2.15 bits per heavy atom. The van der Waals surface area contributed by atoms with E-state index >= 15 is 0 Å². The molecule has 0 bridgehead atoms. The quantitative estimate of drug-likeness (QED) is 0.696. The lowest BCUT2D eigenvalue weighted by Gasteiger charge is -2.15. The molecule has 26 heavy (non-hydrogen) atoms. The van der Waals surface area contributed by atoms with E-state index in [4.69, 9.17) is 17.3 Å². The van der Waals surface area contributed by atoms with E-state index in [9.17, 15) is 14.0 Å². The molecule has 1 aromatic heterocycles. The topological polar surface area (TPSA) is 76.6 Å². The molecule has 1 aromatic carbocycles. The molecule has 1 atom stereocenters. The van der Waals surface area contributed by atoms with Gasteiger partial charge in [-0.25, -0.2) is 4.39 Å². The van der Waals surface area contributed by atoms with Crippen molar-refractivity contribution in [2.24, 2.45) is 5.73 Å². The number of carbonyl (C=O) groups is 2. The lowest BCUT2D eigenvalue weighted by Crippen LogP contribution is -3.08. The Hall–Kier alpha value is -1.96. The maximum Gasteiger partial charge on any atom is 0.280 e. The van der Waals surface area contributed by atoms with Gasteiger partial charge >= 0.3 is 0 Å².